The molecule has 0 aliphatic heterocycles. The Balaban J connectivity index is 5.26. The van der Waals surface area contributed by atoms with Crippen LogP contribution in [0.15, 0.2) is 24.3 Å². The topological polar surface area (TPSA) is 237 Å². The molecule has 17 nitrogen and oxygen atoms in total. The number of hydrogen-bond donors (Lipinski definition) is 3. The van der Waals surface area contributed by atoms with Gasteiger partial charge in [-0.2, -0.15) is 0 Å². The zero-order valence-corrected chi connectivity index (χ0v) is 54.8. The van der Waals surface area contributed by atoms with E-state index in [2.05, 4.69) is 65.8 Å². The zero-order valence-electron chi connectivity index (χ0n) is 53.0. The quantitative estimate of drug-likeness (QED) is 0.0169. The third-order valence-corrected chi connectivity index (χ3v) is 16.0. The van der Waals surface area contributed by atoms with Crippen molar-refractivity contribution < 1.29 is 80.2 Å². The molecule has 0 aliphatic carbocycles. The maximum absolute atomic E-state index is 13.0. The maximum Gasteiger partial charge on any atom is 0.472 e. The minimum Gasteiger partial charge on any atom is -0.462 e. The molecular formula is C64H120O17P2. The molecule has 0 bridgehead atoms. The van der Waals surface area contributed by atoms with Gasteiger partial charge in [0.25, 0.3) is 0 Å². The Morgan fingerprint density at radius 1 is 0.373 bits per heavy atom. The number of carbonyl (C=O) groups excluding carboxylic acids is 4. The van der Waals surface area contributed by atoms with Crippen LogP contribution < -0.4 is 0 Å². The number of rotatable bonds is 61. The highest BCUT2D eigenvalue weighted by Gasteiger charge is 2.30. The lowest BCUT2D eigenvalue weighted by atomic mass is 10.0. The average Bonchev–Trinajstić information content (AvgIpc) is 3.45. The minimum absolute atomic E-state index is 0.0845. The highest BCUT2D eigenvalue weighted by molar-refractivity contribution is 7.47. The molecule has 0 rings (SSSR count). The number of allylic oxidation sites excluding steroid dienone is 4. The second-order valence-corrected chi connectivity index (χ2v) is 26.3. The van der Waals surface area contributed by atoms with Crippen LogP contribution in [0.4, 0.5) is 0 Å². The van der Waals surface area contributed by atoms with E-state index in [9.17, 15) is 43.2 Å². The number of aliphatic hydroxyl groups is 1. The lowest BCUT2D eigenvalue weighted by Crippen LogP contribution is -2.30. The summed E-state index contributed by atoms with van der Waals surface area (Å²) in [6, 6.07) is 0. The van der Waals surface area contributed by atoms with Crippen LogP contribution in [0.1, 0.15) is 292 Å². The van der Waals surface area contributed by atoms with E-state index in [0.29, 0.717) is 37.5 Å². The van der Waals surface area contributed by atoms with E-state index in [4.69, 9.17) is 37.0 Å². The largest absolute Gasteiger partial charge is 0.472 e. The van der Waals surface area contributed by atoms with Crippen molar-refractivity contribution in [3.8, 4) is 0 Å². The number of hydrogen-bond acceptors (Lipinski definition) is 15. The second-order valence-electron chi connectivity index (χ2n) is 23.4. The smallest absolute Gasteiger partial charge is 0.462 e. The molecule has 0 amide bonds. The minimum atomic E-state index is -4.95. The van der Waals surface area contributed by atoms with Gasteiger partial charge in [0.15, 0.2) is 12.2 Å². The molecule has 19 heteroatoms. The van der Waals surface area contributed by atoms with Crippen molar-refractivity contribution in [2.24, 2.45) is 11.8 Å². The Morgan fingerprint density at radius 3 is 0.988 bits per heavy atom. The van der Waals surface area contributed by atoms with Gasteiger partial charge in [0.1, 0.15) is 19.3 Å². The first kappa shape index (κ1) is 80.5. The van der Waals surface area contributed by atoms with Crippen molar-refractivity contribution in [2.45, 2.75) is 310 Å². The number of unbranched alkanes of at least 4 members (excludes halogenated alkanes) is 28. The van der Waals surface area contributed by atoms with Gasteiger partial charge in [-0.3, -0.25) is 37.3 Å². The summed E-state index contributed by atoms with van der Waals surface area (Å²) < 4.78 is 67.9. The molecule has 0 radical (unpaired) electrons. The first-order valence-corrected chi connectivity index (χ1v) is 35.8. The molecule has 0 saturated heterocycles. The zero-order chi connectivity index (χ0) is 61.5. The van der Waals surface area contributed by atoms with Crippen molar-refractivity contribution in [3.05, 3.63) is 24.3 Å². The Kier molecular flexibility index (Phi) is 54.4. The van der Waals surface area contributed by atoms with Gasteiger partial charge in [-0.05, 0) is 63.2 Å². The van der Waals surface area contributed by atoms with E-state index in [0.717, 1.165) is 109 Å². The molecule has 0 aromatic carbocycles. The Labute approximate surface area is 503 Å². The van der Waals surface area contributed by atoms with Gasteiger partial charge in [0.2, 0.25) is 0 Å². The van der Waals surface area contributed by atoms with Crippen molar-refractivity contribution in [1.29, 1.82) is 0 Å². The van der Waals surface area contributed by atoms with Gasteiger partial charge >= 0.3 is 39.5 Å². The van der Waals surface area contributed by atoms with Gasteiger partial charge in [-0.15, -0.1) is 0 Å². The molecule has 0 saturated carbocycles. The number of ether oxygens (including phenoxy) is 4. The monoisotopic (exact) mass is 1220 g/mol. The summed E-state index contributed by atoms with van der Waals surface area (Å²) >= 11 is 0. The Bertz CT molecular complexity index is 1720. The van der Waals surface area contributed by atoms with Crippen LogP contribution in [0.25, 0.3) is 0 Å². The maximum atomic E-state index is 13.0. The summed E-state index contributed by atoms with van der Waals surface area (Å²) in [7, 11) is -9.90. The van der Waals surface area contributed by atoms with Gasteiger partial charge < -0.3 is 33.8 Å². The SMILES string of the molecule is CCCCCC/C=C\C=C/CCCCCCCC(=O)O[C@H](COC(=O)CCCCCCCCCCCC)COP(=O)(O)OC[C@@H](O)COP(=O)(O)OC[C@@H](COC(=O)CCCCCCCCC(C)C)OC(=O)CCCCCCCCC(C)C. The normalized spacial score (nSPS) is 14.5. The van der Waals surface area contributed by atoms with Gasteiger partial charge in [0.05, 0.1) is 26.4 Å². The predicted octanol–water partition coefficient (Wildman–Crippen LogP) is 17.2. The number of phosphoric acid groups is 2. The molecule has 0 aromatic rings. The van der Waals surface area contributed by atoms with Gasteiger partial charge in [0, 0.05) is 25.7 Å². The van der Waals surface area contributed by atoms with Crippen LogP contribution in [-0.2, 0) is 65.4 Å². The second kappa shape index (κ2) is 56.1. The highest BCUT2D eigenvalue weighted by Crippen LogP contribution is 2.45. The number of carbonyl (C=O) groups is 4. The molecule has 3 N–H and O–H groups in total. The van der Waals surface area contributed by atoms with E-state index in [1.807, 2.05) is 0 Å². The molecule has 0 aromatic heterocycles. The van der Waals surface area contributed by atoms with Crippen molar-refractivity contribution >= 4 is 39.5 Å². The molecule has 0 aliphatic rings. The van der Waals surface area contributed by atoms with E-state index < -0.39 is 97.5 Å². The molecule has 488 valence electrons. The third kappa shape index (κ3) is 58.3. The fourth-order valence-electron chi connectivity index (χ4n) is 8.99. The molecule has 0 spiro atoms. The van der Waals surface area contributed by atoms with E-state index in [1.165, 1.54) is 89.9 Å². The summed E-state index contributed by atoms with van der Waals surface area (Å²) in [5.74, 6) is -0.826. The lowest BCUT2D eigenvalue weighted by Gasteiger charge is -2.21. The van der Waals surface area contributed by atoms with Crippen LogP contribution in [0.2, 0.25) is 0 Å². The van der Waals surface area contributed by atoms with Gasteiger partial charge in [-0.1, -0.05) is 239 Å². The first-order chi connectivity index (χ1) is 39.9. The van der Waals surface area contributed by atoms with Gasteiger partial charge in [-0.25, -0.2) is 9.13 Å². The average molecular weight is 1220 g/mol. The molecule has 0 heterocycles. The molecular weight excluding hydrogens is 1100 g/mol. The number of aliphatic hydroxyl groups excluding tert-OH is 1. The third-order valence-electron chi connectivity index (χ3n) is 14.1. The van der Waals surface area contributed by atoms with E-state index in [1.54, 1.807) is 0 Å². The Morgan fingerprint density at radius 2 is 0.651 bits per heavy atom. The van der Waals surface area contributed by atoms with Crippen molar-refractivity contribution in [2.75, 3.05) is 39.6 Å². The standard InChI is InChI=1S/C64H120O17P2/c1-7-9-11-13-15-17-19-20-21-22-23-25-27-36-42-48-63(68)80-59(52-74-61(66)46-40-34-26-24-18-16-14-12-10-8-2)54-78-82(70,71)76-50-58(65)51-77-83(72,73)79-55-60(81-64(69)49-43-37-31-29-33-39-45-57(5)6)53-75-62(67)47-41-35-30-28-32-38-44-56(3)4/h17,19-21,56-60,65H,7-16,18,22-55H2,1-6H3,(H,70,71)(H,72,73)/b19-17-,21-20-/t58-,59-,60-/m1/s1. The van der Waals surface area contributed by atoms with E-state index in [-0.39, 0.29) is 25.7 Å². The van der Waals surface area contributed by atoms with Crippen LogP contribution in [0.5, 0.6) is 0 Å². The van der Waals surface area contributed by atoms with Crippen LogP contribution in [0.3, 0.4) is 0 Å². The number of esters is 4. The number of phosphoric ester groups is 2. The van der Waals surface area contributed by atoms with E-state index >= 15 is 0 Å². The fourth-order valence-corrected chi connectivity index (χ4v) is 10.6. The molecule has 83 heavy (non-hydrogen) atoms. The Hall–Kier alpha value is -2.46. The summed E-state index contributed by atoms with van der Waals surface area (Å²) in [4.78, 5) is 72.1. The summed E-state index contributed by atoms with van der Waals surface area (Å²) in [6.07, 6.45) is 41.5. The lowest BCUT2D eigenvalue weighted by molar-refractivity contribution is -0.161. The first-order valence-electron chi connectivity index (χ1n) is 32.8. The summed E-state index contributed by atoms with van der Waals surface area (Å²) in [5, 5.41) is 10.5. The van der Waals surface area contributed by atoms with Crippen LogP contribution in [0, 0.1) is 11.8 Å². The summed E-state index contributed by atoms with van der Waals surface area (Å²) in [5.41, 5.74) is 0. The summed E-state index contributed by atoms with van der Waals surface area (Å²) in [6.45, 7) is 9.24. The predicted molar refractivity (Wildman–Crippen MR) is 331 cm³/mol. The van der Waals surface area contributed by atoms with Crippen LogP contribution in [-0.4, -0.2) is 96.7 Å². The van der Waals surface area contributed by atoms with Crippen molar-refractivity contribution in [1.82, 2.24) is 0 Å². The fraction of sp³-hybridized carbons (Fsp3) is 0.875. The molecule has 5 atom stereocenters. The highest BCUT2D eigenvalue weighted by atomic mass is 31.2. The molecule has 2 unspecified atom stereocenters. The van der Waals surface area contributed by atoms with Crippen LogP contribution >= 0.6 is 15.6 Å². The van der Waals surface area contributed by atoms with Crippen molar-refractivity contribution in [3.63, 3.8) is 0 Å². The molecule has 0 fully saturated rings.